The fourth-order valence-electron chi connectivity index (χ4n) is 7.94. The quantitative estimate of drug-likeness (QED) is 0.0321. The molecule has 384 valence electrons. The van der Waals surface area contributed by atoms with Crippen molar-refractivity contribution in [3.8, 4) is 0 Å². The molecule has 3 N–H and O–H groups in total. The zero-order valence-electron chi connectivity index (χ0n) is 43.8. The zero-order valence-corrected chi connectivity index (χ0v) is 43.8. The monoisotopic (exact) mass is 932 g/mol. The van der Waals surface area contributed by atoms with E-state index in [2.05, 4.69) is 123 Å². The summed E-state index contributed by atoms with van der Waals surface area (Å²) in [5.41, 5.74) is 0. The maximum Gasteiger partial charge on any atom is 0.306 e. The minimum absolute atomic E-state index is 0.0246. The summed E-state index contributed by atoms with van der Waals surface area (Å²) in [5.74, 6) is -0.559. The Kier molecular flexibility index (Phi) is 51.1. The molecule has 0 bridgehead atoms. The molecule has 0 radical (unpaired) electrons. The van der Waals surface area contributed by atoms with Crippen molar-refractivity contribution in [2.45, 2.75) is 270 Å². The van der Waals surface area contributed by atoms with E-state index in [9.17, 15) is 19.8 Å². The second-order valence-electron chi connectivity index (χ2n) is 18.6. The van der Waals surface area contributed by atoms with Crippen molar-refractivity contribution in [2.75, 3.05) is 6.61 Å². The number of carbonyl (C=O) groups excluding carboxylic acids is 2. The fraction of sp³-hybridized carbons (Fsp3) is 0.705. The molecule has 0 saturated carbocycles. The lowest BCUT2D eigenvalue weighted by atomic mass is 10.0. The molecular formula is C61H105NO5. The van der Waals surface area contributed by atoms with Crippen LogP contribution in [0.4, 0.5) is 0 Å². The van der Waals surface area contributed by atoms with Crippen LogP contribution in [0.25, 0.3) is 0 Å². The van der Waals surface area contributed by atoms with Gasteiger partial charge < -0.3 is 20.3 Å². The lowest BCUT2D eigenvalue weighted by Gasteiger charge is -2.24. The predicted octanol–water partition coefficient (Wildman–Crippen LogP) is 17.3. The molecule has 1 amide bonds. The van der Waals surface area contributed by atoms with Gasteiger partial charge in [-0.05, 0) is 103 Å². The van der Waals surface area contributed by atoms with Gasteiger partial charge in [0.2, 0.25) is 5.91 Å². The van der Waals surface area contributed by atoms with Gasteiger partial charge in [-0.2, -0.15) is 0 Å². The van der Waals surface area contributed by atoms with Crippen molar-refractivity contribution in [1.82, 2.24) is 5.32 Å². The lowest BCUT2D eigenvalue weighted by molar-refractivity contribution is -0.151. The maximum absolute atomic E-state index is 13.3. The summed E-state index contributed by atoms with van der Waals surface area (Å²) in [6.07, 6.45) is 71.8. The molecule has 0 spiro atoms. The molecule has 0 aromatic heterocycles. The first-order valence-electron chi connectivity index (χ1n) is 28.0. The Hall–Kier alpha value is -3.22. The summed E-state index contributed by atoms with van der Waals surface area (Å²) in [6, 6.07) is -0.731. The Morgan fingerprint density at radius 3 is 1.28 bits per heavy atom. The Bertz CT molecular complexity index is 1320. The molecule has 0 saturated heterocycles. The van der Waals surface area contributed by atoms with Gasteiger partial charge in [0, 0.05) is 6.42 Å². The van der Waals surface area contributed by atoms with E-state index >= 15 is 0 Å². The van der Waals surface area contributed by atoms with E-state index in [0.717, 1.165) is 109 Å². The van der Waals surface area contributed by atoms with E-state index in [1.807, 2.05) is 0 Å². The van der Waals surface area contributed by atoms with Crippen LogP contribution < -0.4 is 5.32 Å². The molecule has 67 heavy (non-hydrogen) atoms. The molecule has 0 aromatic rings. The molecule has 3 atom stereocenters. The first-order chi connectivity index (χ1) is 33.0. The molecule has 6 heteroatoms. The first-order valence-corrected chi connectivity index (χ1v) is 28.0. The van der Waals surface area contributed by atoms with Gasteiger partial charge >= 0.3 is 5.97 Å². The van der Waals surface area contributed by atoms with Crippen LogP contribution in [0.5, 0.6) is 0 Å². The number of rotatable bonds is 49. The average molecular weight is 933 g/mol. The highest BCUT2D eigenvalue weighted by Gasteiger charge is 2.24. The highest BCUT2D eigenvalue weighted by Crippen LogP contribution is 2.17. The first kappa shape index (κ1) is 63.8. The van der Waals surface area contributed by atoms with Crippen LogP contribution in [0.15, 0.2) is 97.2 Å². The van der Waals surface area contributed by atoms with Crippen molar-refractivity contribution < 1.29 is 24.5 Å². The van der Waals surface area contributed by atoms with Crippen molar-refractivity contribution in [1.29, 1.82) is 0 Å². The molecule has 6 nitrogen and oxygen atoms in total. The summed E-state index contributed by atoms with van der Waals surface area (Å²) < 4.78 is 5.92. The SMILES string of the molecule is CC/C=C\C/C=C\C/C=C\C/C=C\C/C=C\CCCC(CC(=O)NC(CO)C(O)CCCCCCCCCCCCCCCC)OC(=O)CCCCCC/C=C\C/C=C\C/C=C\CCCCC. The summed E-state index contributed by atoms with van der Waals surface area (Å²) in [4.78, 5) is 26.2. The molecule has 0 aliphatic rings. The molecule has 3 unspecified atom stereocenters. The summed E-state index contributed by atoms with van der Waals surface area (Å²) in [6.45, 7) is 6.33. The standard InChI is InChI=1S/C61H105NO5/c1-4-7-10-13-16-19-22-25-28-30-32-34-37-40-43-46-49-52-57(67-61(66)54-51-48-45-42-39-36-33-31-29-26-23-20-17-14-11-8-5-2)55-60(65)62-58(56-63)59(64)53-50-47-44-41-38-35-27-24-21-18-15-12-9-6-3/h7,10,16-17,19-20,25-26,28-29,32-34,36,40,43,57-59,63-64H,4-6,8-9,11-15,18,21-24,27,30-31,35,37-39,41-42,44-56H2,1-3H3,(H,62,65)/b10-7-,19-16-,20-17-,28-25-,29-26-,34-32-,36-33-,43-40-. The van der Waals surface area contributed by atoms with Crippen molar-refractivity contribution in [3.05, 3.63) is 97.2 Å². The van der Waals surface area contributed by atoms with Gasteiger partial charge in [-0.3, -0.25) is 9.59 Å². The number of carbonyl (C=O) groups is 2. The number of unbranched alkanes of at least 4 members (excludes halogenated alkanes) is 21. The summed E-state index contributed by atoms with van der Waals surface area (Å²) in [5, 5.41) is 23.8. The number of aliphatic hydroxyl groups excluding tert-OH is 2. The van der Waals surface area contributed by atoms with Crippen LogP contribution in [0.1, 0.15) is 252 Å². The molecular weight excluding hydrogens is 827 g/mol. The van der Waals surface area contributed by atoms with Gasteiger partial charge in [0.25, 0.3) is 0 Å². The average Bonchev–Trinajstić information content (AvgIpc) is 3.32. The number of hydrogen-bond acceptors (Lipinski definition) is 5. The van der Waals surface area contributed by atoms with Crippen molar-refractivity contribution in [2.24, 2.45) is 0 Å². The third-order valence-electron chi connectivity index (χ3n) is 12.1. The third kappa shape index (κ3) is 49.0. The molecule has 0 aliphatic carbocycles. The number of aliphatic hydroxyl groups is 2. The van der Waals surface area contributed by atoms with Crippen LogP contribution in [-0.4, -0.2) is 46.9 Å². The maximum atomic E-state index is 13.3. The highest BCUT2D eigenvalue weighted by atomic mass is 16.5. The Balaban J connectivity index is 4.74. The van der Waals surface area contributed by atoms with Gasteiger partial charge in [0.15, 0.2) is 0 Å². The van der Waals surface area contributed by atoms with Gasteiger partial charge in [0.1, 0.15) is 6.10 Å². The number of ether oxygens (including phenoxy) is 1. The largest absolute Gasteiger partial charge is 0.462 e. The molecule has 0 aliphatic heterocycles. The van der Waals surface area contributed by atoms with E-state index in [0.29, 0.717) is 19.3 Å². The molecule has 0 heterocycles. The summed E-state index contributed by atoms with van der Waals surface area (Å²) >= 11 is 0. The van der Waals surface area contributed by atoms with Crippen LogP contribution in [0, 0.1) is 0 Å². The topological polar surface area (TPSA) is 95.9 Å². The molecule has 0 rings (SSSR count). The van der Waals surface area contributed by atoms with Crippen molar-refractivity contribution >= 4 is 11.9 Å². The van der Waals surface area contributed by atoms with Crippen LogP contribution in [0.3, 0.4) is 0 Å². The number of allylic oxidation sites excluding steroid dienone is 16. The van der Waals surface area contributed by atoms with E-state index < -0.39 is 18.2 Å². The molecule has 0 aromatic carbocycles. The smallest absolute Gasteiger partial charge is 0.306 e. The van der Waals surface area contributed by atoms with Crippen LogP contribution in [-0.2, 0) is 14.3 Å². The number of amides is 1. The molecule has 0 fully saturated rings. The second kappa shape index (κ2) is 53.7. The zero-order chi connectivity index (χ0) is 48.8. The second-order valence-corrected chi connectivity index (χ2v) is 18.6. The van der Waals surface area contributed by atoms with Gasteiger partial charge in [0.05, 0.1) is 25.2 Å². The van der Waals surface area contributed by atoms with Crippen molar-refractivity contribution in [3.63, 3.8) is 0 Å². The fourth-order valence-corrected chi connectivity index (χ4v) is 7.94. The van der Waals surface area contributed by atoms with Gasteiger partial charge in [-0.15, -0.1) is 0 Å². The van der Waals surface area contributed by atoms with Crippen LogP contribution in [0.2, 0.25) is 0 Å². The van der Waals surface area contributed by atoms with Crippen LogP contribution >= 0.6 is 0 Å². The Labute approximate surface area is 414 Å². The Morgan fingerprint density at radius 1 is 0.448 bits per heavy atom. The van der Waals surface area contributed by atoms with E-state index in [-0.39, 0.29) is 24.9 Å². The number of hydrogen-bond donors (Lipinski definition) is 3. The highest BCUT2D eigenvalue weighted by molar-refractivity contribution is 5.77. The predicted molar refractivity (Wildman–Crippen MR) is 291 cm³/mol. The minimum atomic E-state index is -0.813. The normalized spacial score (nSPS) is 13.9. The minimum Gasteiger partial charge on any atom is -0.462 e. The van der Waals surface area contributed by atoms with E-state index in [4.69, 9.17) is 4.74 Å². The number of nitrogens with one attached hydrogen (secondary N) is 1. The summed E-state index contributed by atoms with van der Waals surface area (Å²) in [7, 11) is 0. The van der Waals surface area contributed by atoms with E-state index in [1.165, 1.54) is 96.3 Å². The van der Waals surface area contributed by atoms with Gasteiger partial charge in [-0.1, -0.05) is 234 Å². The third-order valence-corrected chi connectivity index (χ3v) is 12.1. The van der Waals surface area contributed by atoms with Gasteiger partial charge in [-0.25, -0.2) is 0 Å². The number of esters is 1. The lowest BCUT2D eigenvalue weighted by Crippen LogP contribution is -2.46. The van der Waals surface area contributed by atoms with E-state index in [1.54, 1.807) is 0 Å². The Morgan fingerprint density at radius 2 is 0.821 bits per heavy atom.